The van der Waals surface area contributed by atoms with E-state index in [-0.39, 0.29) is 11.8 Å². The van der Waals surface area contributed by atoms with Crippen LogP contribution in [0.25, 0.3) is 0 Å². The maximum Gasteiger partial charge on any atom is 0.253 e. The quantitative estimate of drug-likeness (QED) is 0.401. The molecule has 6 nitrogen and oxygen atoms in total. The molecule has 1 aromatic carbocycles. The fourth-order valence-electron chi connectivity index (χ4n) is 3.93. The van der Waals surface area contributed by atoms with Crippen molar-refractivity contribution in [3.63, 3.8) is 0 Å². The fraction of sp³-hybridized carbons (Fsp3) is 0.680. The first-order valence-corrected chi connectivity index (χ1v) is 12.2. The van der Waals surface area contributed by atoms with E-state index in [0.29, 0.717) is 37.4 Å². The van der Waals surface area contributed by atoms with Crippen LogP contribution >= 0.6 is 0 Å². The van der Waals surface area contributed by atoms with Gasteiger partial charge < -0.3 is 20.3 Å². The van der Waals surface area contributed by atoms with Crippen molar-refractivity contribution < 1.29 is 14.3 Å². The van der Waals surface area contributed by atoms with Crippen molar-refractivity contribution in [1.29, 1.82) is 0 Å². The molecule has 1 fully saturated rings. The maximum atomic E-state index is 13.0. The number of unbranched alkanes of at least 4 members (excludes halogenated alkanes) is 4. The lowest BCUT2D eigenvalue weighted by atomic mass is 10.1. The van der Waals surface area contributed by atoms with Gasteiger partial charge in [0.2, 0.25) is 5.91 Å². The molecule has 0 bridgehead atoms. The lowest BCUT2D eigenvalue weighted by Gasteiger charge is -2.30. The van der Waals surface area contributed by atoms with Crippen molar-refractivity contribution in [3.8, 4) is 0 Å². The van der Waals surface area contributed by atoms with Crippen LogP contribution in [0.4, 0.5) is 11.4 Å². The van der Waals surface area contributed by atoms with E-state index in [1.165, 1.54) is 25.7 Å². The number of hydrogen-bond donors (Lipinski definition) is 2. The first-order valence-electron chi connectivity index (χ1n) is 12.2. The highest BCUT2D eigenvalue weighted by atomic mass is 16.5. The van der Waals surface area contributed by atoms with Gasteiger partial charge in [-0.05, 0) is 57.2 Å². The normalized spacial score (nSPS) is 13.8. The summed E-state index contributed by atoms with van der Waals surface area (Å²) in [4.78, 5) is 27.6. The van der Waals surface area contributed by atoms with E-state index >= 15 is 0 Å². The van der Waals surface area contributed by atoms with Gasteiger partial charge in [-0.2, -0.15) is 0 Å². The third kappa shape index (κ3) is 9.30. The van der Waals surface area contributed by atoms with Gasteiger partial charge in [-0.3, -0.25) is 9.59 Å². The Balaban J connectivity index is 2.00. The SMILES string of the molecule is CCCCCCCC(=O)Nc1ccc(N2CCCCC2)c(C(=O)NCCCOCC)c1. The summed E-state index contributed by atoms with van der Waals surface area (Å²) in [6, 6.07) is 5.73. The van der Waals surface area contributed by atoms with Crippen LogP contribution in [0.3, 0.4) is 0 Å². The molecule has 1 heterocycles. The number of nitrogens with one attached hydrogen (secondary N) is 2. The van der Waals surface area contributed by atoms with E-state index in [1.54, 1.807) is 0 Å². The highest BCUT2D eigenvalue weighted by Crippen LogP contribution is 2.27. The molecule has 2 N–H and O–H groups in total. The standard InChI is InChI=1S/C25H41N3O3/c1-3-5-6-7-9-13-24(29)27-21-14-15-23(28-17-10-8-11-18-28)22(20-21)25(30)26-16-12-19-31-4-2/h14-15,20H,3-13,16-19H2,1-2H3,(H,26,30)(H,27,29). The molecule has 2 rings (SSSR count). The van der Waals surface area contributed by atoms with Gasteiger partial charge in [0.15, 0.2) is 0 Å². The summed E-state index contributed by atoms with van der Waals surface area (Å²) in [5, 5.41) is 6.00. The van der Waals surface area contributed by atoms with Crippen LogP contribution in [0.1, 0.15) is 88.4 Å². The maximum absolute atomic E-state index is 13.0. The van der Waals surface area contributed by atoms with Crippen LogP contribution in [0, 0.1) is 0 Å². The Morgan fingerprint density at radius 2 is 1.77 bits per heavy atom. The van der Waals surface area contributed by atoms with Gasteiger partial charge >= 0.3 is 0 Å². The Hall–Kier alpha value is -2.08. The third-order valence-corrected chi connectivity index (χ3v) is 5.68. The van der Waals surface area contributed by atoms with Gasteiger partial charge in [0.25, 0.3) is 5.91 Å². The van der Waals surface area contributed by atoms with E-state index in [1.807, 2.05) is 25.1 Å². The Morgan fingerprint density at radius 3 is 2.52 bits per heavy atom. The number of amides is 2. The summed E-state index contributed by atoms with van der Waals surface area (Å²) in [7, 11) is 0. The van der Waals surface area contributed by atoms with Gasteiger partial charge in [-0.15, -0.1) is 0 Å². The van der Waals surface area contributed by atoms with Crippen molar-refractivity contribution in [1.82, 2.24) is 5.32 Å². The average Bonchev–Trinajstić information content (AvgIpc) is 2.79. The monoisotopic (exact) mass is 431 g/mol. The molecule has 0 aromatic heterocycles. The number of hydrogen-bond acceptors (Lipinski definition) is 4. The predicted octanol–water partition coefficient (Wildman–Crippen LogP) is 5.13. The number of ether oxygens (including phenoxy) is 1. The zero-order valence-corrected chi connectivity index (χ0v) is 19.5. The van der Waals surface area contributed by atoms with Crippen LogP contribution in [-0.4, -0.2) is 44.7 Å². The number of nitrogens with zero attached hydrogens (tertiary/aromatic N) is 1. The second-order valence-corrected chi connectivity index (χ2v) is 8.30. The molecular weight excluding hydrogens is 390 g/mol. The summed E-state index contributed by atoms with van der Waals surface area (Å²) in [6.45, 7) is 7.99. The van der Waals surface area contributed by atoms with E-state index in [0.717, 1.165) is 50.9 Å². The molecular formula is C25H41N3O3. The molecule has 1 aliphatic heterocycles. The Bertz CT molecular complexity index is 672. The van der Waals surface area contributed by atoms with E-state index < -0.39 is 0 Å². The van der Waals surface area contributed by atoms with Crippen LogP contribution in [0.2, 0.25) is 0 Å². The Morgan fingerprint density at radius 1 is 1.00 bits per heavy atom. The summed E-state index contributed by atoms with van der Waals surface area (Å²) in [5.74, 6) is -0.0713. The van der Waals surface area contributed by atoms with Crippen molar-refractivity contribution in [2.75, 3.05) is 43.1 Å². The van der Waals surface area contributed by atoms with Crippen molar-refractivity contribution in [2.45, 2.75) is 78.1 Å². The highest BCUT2D eigenvalue weighted by molar-refractivity contribution is 6.02. The van der Waals surface area contributed by atoms with Gasteiger partial charge in [0.05, 0.1) is 5.56 Å². The molecule has 6 heteroatoms. The number of carbonyl (C=O) groups is 2. The number of piperidine rings is 1. The molecule has 2 amide bonds. The third-order valence-electron chi connectivity index (χ3n) is 5.68. The predicted molar refractivity (Wildman–Crippen MR) is 128 cm³/mol. The average molecular weight is 432 g/mol. The molecule has 0 atom stereocenters. The van der Waals surface area contributed by atoms with Crippen LogP contribution in [0.5, 0.6) is 0 Å². The van der Waals surface area contributed by atoms with Crippen LogP contribution in [-0.2, 0) is 9.53 Å². The Labute approximate surface area is 188 Å². The lowest BCUT2D eigenvalue weighted by molar-refractivity contribution is -0.116. The lowest BCUT2D eigenvalue weighted by Crippen LogP contribution is -2.33. The molecule has 31 heavy (non-hydrogen) atoms. The van der Waals surface area contributed by atoms with Gasteiger partial charge in [0, 0.05) is 50.6 Å². The Kier molecular flexibility index (Phi) is 12.1. The zero-order valence-electron chi connectivity index (χ0n) is 19.5. The number of anilines is 2. The van der Waals surface area contributed by atoms with Gasteiger partial charge in [0.1, 0.15) is 0 Å². The van der Waals surface area contributed by atoms with E-state index in [4.69, 9.17) is 4.74 Å². The molecule has 1 saturated heterocycles. The number of benzene rings is 1. The van der Waals surface area contributed by atoms with Crippen LogP contribution < -0.4 is 15.5 Å². The first kappa shape index (κ1) is 25.2. The minimum absolute atomic E-state index is 0.0188. The molecule has 174 valence electrons. The zero-order chi connectivity index (χ0) is 22.3. The summed E-state index contributed by atoms with van der Waals surface area (Å²) in [5.41, 5.74) is 2.29. The van der Waals surface area contributed by atoms with Crippen LogP contribution in [0.15, 0.2) is 18.2 Å². The van der Waals surface area contributed by atoms with E-state index in [2.05, 4.69) is 22.5 Å². The summed E-state index contributed by atoms with van der Waals surface area (Å²) >= 11 is 0. The molecule has 0 unspecified atom stereocenters. The molecule has 0 spiro atoms. The van der Waals surface area contributed by atoms with Gasteiger partial charge in [-0.1, -0.05) is 32.6 Å². The smallest absolute Gasteiger partial charge is 0.253 e. The minimum atomic E-state index is -0.0901. The largest absolute Gasteiger partial charge is 0.382 e. The molecule has 0 radical (unpaired) electrons. The molecule has 0 aliphatic carbocycles. The molecule has 1 aliphatic rings. The second kappa shape index (κ2) is 14.8. The van der Waals surface area contributed by atoms with Crippen molar-refractivity contribution in [3.05, 3.63) is 23.8 Å². The summed E-state index contributed by atoms with van der Waals surface area (Å²) in [6.07, 6.45) is 10.4. The topological polar surface area (TPSA) is 70.7 Å². The minimum Gasteiger partial charge on any atom is -0.382 e. The van der Waals surface area contributed by atoms with Crippen molar-refractivity contribution in [2.24, 2.45) is 0 Å². The van der Waals surface area contributed by atoms with Gasteiger partial charge in [-0.25, -0.2) is 0 Å². The first-order chi connectivity index (χ1) is 15.2. The molecule has 1 aromatic rings. The second-order valence-electron chi connectivity index (χ2n) is 8.30. The fourth-order valence-corrected chi connectivity index (χ4v) is 3.93. The summed E-state index contributed by atoms with van der Waals surface area (Å²) < 4.78 is 5.35. The van der Waals surface area contributed by atoms with Crippen molar-refractivity contribution >= 4 is 23.2 Å². The molecule has 0 saturated carbocycles. The number of rotatable bonds is 14. The highest BCUT2D eigenvalue weighted by Gasteiger charge is 2.19. The number of carbonyl (C=O) groups excluding carboxylic acids is 2. The van der Waals surface area contributed by atoms with E-state index in [9.17, 15) is 9.59 Å².